The van der Waals surface area contributed by atoms with Gasteiger partial charge in [-0.1, -0.05) is 5.21 Å². The Hall–Kier alpha value is -3.24. The molecule has 0 N–H and O–H groups in total. The molecule has 0 saturated carbocycles. The van der Waals surface area contributed by atoms with E-state index in [9.17, 15) is 9.18 Å². The summed E-state index contributed by atoms with van der Waals surface area (Å²) in [5.74, 6) is -0.138. The van der Waals surface area contributed by atoms with E-state index >= 15 is 0 Å². The highest BCUT2D eigenvalue weighted by atomic mass is 19.1. The highest BCUT2D eigenvalue weighted by Crippen LogP contribution is 2.16. The number of aromatic nitrogens is 5. The van der Waals surface area contributed by atoms with E-state index in [1.807, 2.05) is 11.8 Å². The largest absolute Gasteiger partial charge is 0.470 e. The molecule has 0 atom stereocenters. The Labute approximate surface area is 172 Å². The van der Waals surface area contributed by atoms with Crippen molar-refractivity contribution in [2.24, 2.45) is 0 Å². The molecule has 1 fully saturated rings. The van der Waals surface area contributed by atoms with Gasteiger partial charge in [-0.2, -0.15) is 0 Å². The number of hydrogen-bond acceptors (Lipinski definition) is 8. The van der Waals surface area contributed by atoms with E-state index in [2.05, 4.69) is 20.3 Å². The Balaban J connectivity index is 1.39. The summed E-state index contributed by atoms with van der Waals surface area (Å²) in [6.07, 6.45) is 2.84. The Morgan fingerprint density at radius 1 is 1.17 bits per heavy atom. The Kier molecular flexibility index (Phi) is 6.05. The van der Waals surface area contributed by atoms with Gasteiger partial charge in [-0.25, -0.2) is 19.0 Å². The first kappa shape index (κ1) is 20.0. The van der Waals surface area contributed by atoms with E-state index in [0.29, 0.717) is 42.5 Å². The summed E-state index contributed by atoms with van der Waals surface area (Å²) in [6, 6.07) is 5.94. The van der Waals surface area contributed by atoms with Gasteiger partial charge >= 0.3 is 0 Å². The first-order chi connectivity index (χ1) is 14.6. The number of Topliss-reactive ketones (excluding diaryl/α,β-unsaturated/α-hetero) is 1. The van der Waals surface area contributed by atoms with Gasteiger partial charge in [0.15, 0.2) is 5.78 Å². The Bertz CT molecular complexity index is 1000. The molecular formula is C20H21FN6O3. The van der Waals surface area contributed by atoms with Crippen molar-refractivity contribution >= 4 is 5.78 Å². The maximum atomic E-state index is 13.2. The predicted octanol–water partition coefficient (Wildman–Crippen LogP) is 1.60. The number of carbonyl (C=O) groups is 1. The minimum Gasteiger partial charge on any atom is -0.470 e. The Morgan fingerprint density at radius 2 is 1.93 bits per heavy atom. The smallest absolute Gasteiger partial charge is 0.232 e. The maximum absolute atomic E-state index is 13.2. The van der Waals surface area contributed by atoms with Crippen molar-refractivity contribution in [3.63, 3.8) is 0 Å². The number of nitrogens with zero attached hydrogens (tertiary/aromatic N) is 6. The summed E-state index contributed by atoms with van der Waals surface area (Å²) in [6.45, 7) is 4.98. The molecule has 30 heavy (non-hydrogen) atoms. The van der Waals surface area contributed by atoms with Gasteiger partial charge in [-0.3, -0.25) is 9.69 Å². The van der Waals surface area contributed by atoms with E-state index in [1.54, 1.807) is 16.8 Å². The van der Waals surface area contributed by atoms with Crippen molar-refractivity contribution in [3.05, 3.63) is 59.6 Å². The van der Waals surface area contributed by atoms with Crippen molar-refractivity contribution in [2.75, 3.05) is 32.8 Å². The van der Waals surface area contributed by atoms with Crippen LogP contribution in [0, 0.1) is 12.7 Å². The van der Waals surface area contributed by atoms with Gasteiger partial charge in [0.2, 0.25) is 5.88 Å². The number of hydrogen-bond donors (Lipinski definition) is 0. The molecule has 0 bridgehead atoms. The molecule has 10 heteroatoms. The van der Waals surface area contributed by atoms with Crippen LogP contribution in [0.3, 0.4) is 0 Å². The molecule has 0 spiro atoms. The van der Waals surface area contributed by atoms with Gasteiger partial charge in [-0.05, 0) is 31.2 Å². The molecule has 3 aromatic rings. The first-order valence-corrected chi connectivity index (χ1v) is 9.55. The molecule has 2 aromatic heterocycles. The highest BCUT2D eigenvalue weighted by Gasteiger charge is 2.17. The summed E-state index contributed by atoms with van der Waals surface area (Å²) in [5.41, 5.74) is 2.36. The van der Waals surface area contributed by atoms with Crippen molar-refractivity contribution < 1.29 is 18.7 Å². The lowest BCUT2D eigenvalue weighted by molar-refractivity contribution is 0.0370. The zero-order valence-electron chi connectivity index (χ0n) is 16.5. The summed E-state index contributed by atoms with van der Waals surface area (Å²) in [7, 11) is 0. The number of ether oxygens (including phenoxy) is 2. The summed E-state index contributed by atoms with van der Waals surface area (Å²) in [5, 5.41) is 8.16. The molecule has 4 rings (SSSR count). The summed E-state index contributed by atoms with van der Waals surface area (Å²) >= 11 is 0. The van der Waals surface area contributed by atoms with Crippen LogP contribution in [0.4, 0.5) is 4.39 Å². The monoisotopic (exact) mass is 412 g/mol. The van der Waals surface area contributed by atoms with Gasteiger partial charge in [0.1, 0.15) is 23.8 Å². The fourth-order valence-electron chi connectivity index (χ4n) is 3.05. The first-order valence-electron chi connectivity index (χ1n) is 9.55. The van der Waals surface area contributed by atoms with E-state index in [4.69, 9.17) is 9.47 Å². The van der Waals surface area contributed by atoms with Crippen molar-refractivity contribution in [1.29, 1.82) is 0 Å². The Morgan fingerprint density at radius 3 is 2.63 bits per heavy atom. The van der Waals surface area contributed by atoms with E-state index in [0.717, 1.165) is 13.1 Å². The topological polar surface area (TPSA) is 95.3 Å². The number of aryl methyl sites for hydroxylation is 1. The maximum Gasteiger partial charge on any atom is 0.232 e. The molecule has 1 saturated heterocycles. The third-order valence-corrected chi connectivity index (χ3v) is 4.77. The molecule has 1 aliphatic heterocycles. The fourth-order valence-corrected chi connectivity index (χ4v) is 3.05. The van der Waals surface area contributed by atoms with Crippen LogP contribution in [0.15, 0.2) is 36.7 Å². The van der Waals surface area contributed by atoms with Crippen LogP contribution in [-0.4, -0.2) is 68.5 Å². The highest BCUT2D eigenvalue weighted by molar-refractivity contribution is 5.95. The summed E-state index contributed by atoms with van der Waals surface area (Å²) in [4.78, 5) is 22.8. The number of halogens is 1. The molecular weight excluding hydrogens is 391 g/mol. The quantitative estimate of drug-likeness (QED) is 0.540. The van der Waals surface area contributed by atoms with Crippen LogP contribution in [0.2, 0.25) is 0 Å². The third-order valence-electron chi connectivity index (χ3n) is 4.77. The molecule has 0 aliphatic carbocycles. The number of benzene rings is 1. The second-order valence-electron chi connectivity index (χ2n) is 6.85. The van der Waals surface area contributed by atoms with Crippen LogP contribution in [0.5, 0.6) is 5.88 Å². The van der Waals surface area contributed by atoms with E-state index in [-0.39, 0.29) is 24.1 Å². The molecule has 1 aromatic carbocycles. The van der Waals surface area contributed by atoms with Crippen LogP contribution < -0.4 is 4.74 Å². The van der Waals surface area contributed by atoms with E-state index < -0.39 is 0 Å². The van der Waals surface area contributed by atoms with Crippen LogP contribution in [0.25, 0.3) is 5.69 Å². The molecule has 0 unspecified atom stereocenters. The molecule has 3 heterocycles. The average Bonchev–Trinajstić information content (AvgIpc) is 3.14. The number of ketones is 1. The normalized spacial score (nSPS) is 14.6. The lowest BCUT2D eigenvalue weighted by atomic mass is 10.2. The van der Waals surface area contributed by atoms with Crippen LogP contribution in [-0.2, 0) is 11.3 Å². The summed E-state index contributed by atoms with van der Waals surface area (Å²) < 4.78 is 25.8. The molecule has 1 aliphatic rings. The van der Waals surface area contributed by atoms with Crippen molar-refractivity contribution in [2.45, 2.75) is 13.5 Å². The zero-order chi connectivity index (χ0) is 20.9. The zero-order valence-corrected chi connectivity index (χ0v) is 16.5. The van der Waals surface area contributed by atoms with Gasteiger partial charge in [-0.15, -0.1) is 5.10 Å². The standard InChI is InChI=1S/C20H21FN6O3/c1-14-18(27(25-24-14)16-4-2-15(21)3-5-16)13-30-20-11-22-17(10-23-20)19(28)12-26-6-8-29-9-7-26/h2-5,10-11H,6-9,12-13H2,1H3. The minimum atomic E-state index is -0.327. The number of carbonyl (C=O) groups excluding carboxylic acids is 1. The van der Waals surface area contributed by atoms with Crippen LogP contribution in [0.1, 0.15) is 21.9 Å². The lowest BCUT2D eigenvalue weighted by Crippen LogP contribution is -2.39. The second-order valence-corrected chi connectivity index (χ2v) is 6.85. The number of morpholine rings is 1. The molecule has 156 valence electrons. The van der Waals surface area contributed by atoms with Gasteiger partial charge in [0, 0.05) is 13.1 Å². The minimum absolute atomic E-state index is 0.0922. The van der Waals surface area contributed by atoms with Crippen molar-refractivity contribution in [3.8, 4) is 11.6 Å². The predicted molar refractivity (Wildman–Crippen MR) is 104 cm³/mol. The van der Waals surface area contributed by atoms with Crippen LogP contribution >= 0.6 is 0 Å². The second kappa shape index (κ2) is 9.06. The lowest BCUT2D eigenvalue weighted by Gasteiger charge is -2.25. The molecule has 0 amide bonds. The molecule has 9 nitrogen and oxygen atoms in total. The van der Waals surface area contributed by atoms with Crippen molar-refractivity contribution in [1.82, 2.24) is 29.9 Å². The third kappa shape index (κ3) is 4.66. The molecule has 0 radical (unpaired) electrons. The fraction of sp³-hybridized carbons (Fsp3) is 0.350. The SMILES string of the molecule is Cc1nnn(-c2ccc(F)cc2)c1COc1cnc(C(=O)CN2CCOCC2)cn1. The van der Waals surface area contributed by atoms with Gasteiger partial charge in [0.25, 0.3) is 0 Å². The average molecular weight is 412 g/mol. The van der Waals surface area contributed by atoms with Gasteiger partial charge < -0.3 is 9.47 Å². The van der Waals surface area contributed by atoms with Gasteiger partial charge in [0.05, 0.1) is 43.5 Å². The number of rotatable bonds is 7. The van der Waals surface area contributed by atoms with E-state index in [1.165, 1.54) is 24.5 Å².